The quantitative estimate of drug-likeness (QED) is 0.354. The zero-order valence-corrected chi connectivity index (χ0v) is 10.7. The second-order valence-corrected chi connectivity index (χ2v) is 4.18. The molecule has 0 atom stereocenters. The summed E-state index contributed by atoms with van der Waals surface area (Å²) in [7, 11) is 0. The van der Waals surface area contributed by atoms with Crippen LogP contribution < -0.4 is 11.4 Å². The van der Waals surface area contributed by atoms with Gasteiger partial charge in [0.25, 0.3) is 0 Å². The van der Waals surface area contributed by atoms with Crippen molar-refractivity contribution in [2.24, 2.45) is 5.84 Å². The van der Waals surface area contributed by atoms with Gasteiger partial charge in [0.2, 0.25) is 0 Å². The number of nitrogens with two attached hydrogens (primary N) is 1. The molecular formula is C11H25N3O2. The Morgan fingerprint density at radius 3 is 2.56 bits per heavy atom. The molecule has 0 aliphatic rings. The van der Waals surface area contributed by atoms with E-state index < -0.39 is 0 Å². The first-order valence-corrected chi connectivity index (χ1v) is 6.01. The first-order chi connectivity index (χ1) is 7.61. The van der Waals surface area contributed by atoms with E-state index in [1.54, 1.807) is 0 Å². The number of hydrazine groups is 1. The van der Waals surface area contributed by atoms with Crippen LogP contribution in [0.5, 0.6) is 0 Å². The average molecular weight is 231 g/mol. The molecule has 0 bridgehead atoms. The first kappa shape index (κ1) is 15.3. The molecule has 0 aromatic rings. The Kier molecular flexibility index (Phi) is 9.18. The number of hydrogen-bond acceptors (Lipinski definition) is 5. The zero-order chi connectivity index (χ0) is 12.4. The molecule has 0 aromatic carbocycles. The van der Waals surface area contributed by atoms with Crippen LogP contribution in [0, 0.1) is 0 Å². The lowest BCUT2D eigenvalue weighted by Gasteiger charge is -2.25. The highest BCUT2D eigenvalue weighted by atomic mass is 16.7. The van der Waals surface area contributed by atoms with E-state index in [-0.39, 0.29) is 5.97 Å². The van der Waals surface area contributed by atoms with Crippen molar-refractivity contribution in [1.29, 1.82) is 0 Å². The molecule has 16 heavy (non-hydrogen) atoms. The second-order valence-electron chi connectivity index (χ2n) is 4.18. The van der Waals surface area contributed by atoms with Gasteiger partial charge in [-0.05, 0) is 26.8 Å². The predicted molar refractivity (Wildman–Crippen MR) is 64.3 cm³/mol. The first-order valence-electron chi connectivity index (χ1n) is 6.01. The van der Waals surface area contributed by atoms with Crippen LogP contribution >= 0.6 is 0 Å². The van der Waals surface area contributed by atoms with E-state index in [1.165, 1.54) is 19.3 Å². The molecule has 0 unspecified atom stereocenters. The van der Waals surface area contributed by atoms with Crippen LogP contribution in [0.1, 0.15) is 46.5 Å². The fourth-order valence-corrected chi connectivity index (χ4v) is 1.54. The number of carbonyl (C=O) groups is 1. The molecule has 0 heterocycles. The van der Waals surface area contributed by atoms with Crippen LogP contribution in [0.4, 0.5) is 0 Å². The number of nitrogens with one attached hydrogen (secondary N) is 1. The Hall–Kier alpha value is -0.650. The molecule has 5 nitrogen and oxygen atoms in total. The van der Waals surface area contributed by atoms with Crippen molar-refractivity contribution in [3.05, 3.63) is 0 Å². The molecule has 0 radical (unpaired) electrons. The van der Waals surface area contributed by atoms with E-state index in [0.29, 0.717) is 12.5 Å². The highest BCUT2D eigenvalue weighted by molar-refractivity contribution is 5.69. The van der Waals surface area contributed by atoms with Gasteiger partial charge in [0, 0.05) is 12.6 Å². The largest absolute Gasteiger partial charge is 0.356 e. The van der Waals surface area contributed by atoms with Gasteiger partial charge in [-0.3, -0.25) is 4.79 Å². The van der Waals surface area contributed by atoms with Crippen molar-refractivity contribution in [1.82, 2.24) is 10.5 Å². The minimum atomic E-state index is -0.316. The zero-order valence-electron chi connectivity index (χ0n) is 10.7. The Bertz CT molecular complexity index is 186. The van der Waals surface area contributed by atoms with Crippen molar-refractivity contribution in [3.8, 4) is 0 Å². The number of hydrogen-bond donors (Lipinski definition) is 2. The minimum absolute atomic E-state index is 0.316. The minimum Gasteiger partial charge on any atom is -0.356 e. The van der Waals surface area contributed by atoms with Gasteiger partial charge in [0.1, 0.15) is 0 Å². The molecule has 5 heteroatoms. The lowest BCUT2D eigenvalue weighted by Crippen LogP contribution is -2.35. The van der Waals surface area contributed by atoms with Gasteiger partial charge in [-0.25, -0.2) is 5.84 Å². The molecule has 0 aliphatic heterocycles. The maximum atomic E-state index is 11.1. The van der Waals surface area contributed by atoms with Gasteiger partial charge < -0.3 is 9.74 Å². The van der Waals surface area contributed by atoms with Gasteiger partial charge in [-0.15, -0.1) is 0 Å². The van der Waals surface area contributed by atoms with Crippen molar-refractivity contribution in [3.63, 3.8) is 0 Å². The maximum absolute atomic E-state index is 11.1. The van der Waals surface area contributed by atoms with Gasteiger partial charge in [0.05, 0.1) is 6.42 Å². The Balaban J connectivity index is 3.80. The molecule has 0 spiro atoms. The Morgan fingerprint density at radius 2 is 2.06 bits per heavy atom. The van der Waals surface area contributed by atoms with E-state index in [2.05, 4.69) is 30.5 Å². The summed E-state index contributed by atoms with van der Waals surface area (Å²) >= 11 is 0. The molecule has 0 fully saturated rings. The summed E-state index contributed by atoms with van der Waals surface area (Å²) in [6.45, 7) is 8.22. The molecule has 96 valence electrons. The van der Waals surface area contributed by atoms with Crippen LogP contribution in [0.15, 0.2) is 0 Å². The van der Waals surface area contributed by atoms with Crippen LogP contribution in [-0.4, -0.2) is 30.0 Å². The lowest BCUT2D eigenvalue weighted by molar-refractivity contribution is -0.151. The van der Waals surface area contributed by atoms with E-state index in [0.717, 1.165) is 13.1 Å². The van der Waals surface area contributed by atoms with E-state index in [4.69, 9.17) is 5.84 Å². The molecule has 0 amide bonds. The average Bonchev–Trinajstić information content (AvgIpc) is 2.23. The van der Waals surface area contributed by atoms with E-state index in [9.17, 15) is 4.79 Å². The maximum Gasteiger partial charge on any atom is 0.327 e. The summed E-state index contributed by atoms with van der Waals surface area (Å²) in [4.78, 5) is 17.9. The van der Waals surface area contributed by atoms with Crippen molar-refractivity contribution in [2.75, 3.05) is 13.1 Å². The molecule has 0 saturated carbocycles. The summed E-state index contributed by atoms with van der Waals surface area (Å²) in [6, 6.07) is 0.454. The normalized spacial score (nSPS) is 11.1. The van der Waals surface area contributed by atoms with Crippen LogP contribution in [0.3, 0.4) is 0 Å². The molecule has 0 saturated heterocycles. The lowest BCUT2D eigenvalue weighted by atomic mass is 10.2. The molecule has 3 N–H and O–H groups in total. The standard InChI is InChI=1S/C11H25N3O2/c1-4-5-6-8-14(10(2)3)9-7-11(15)16-13-12/h10,13H,4-9,12H2,1-3H3. The van der Waals surface area contributed by atoms with Crippen molar-refractivity contribution >= 4 is 5.97 Å². The summed E-state index contributed by atoms with van der Waals surface area (Å²) in [5.41, 5.74) is 1.90. The molecule has 0 aliphatic carbocycles. The molecular weight excluding hydrogens is 206 g/mol. The second kappa shape index (κ2) is 9.57. The van der Waals surface area contributed by atoms with Crippen LogP contribution in [0.2, 0.25) is 0 Å². The smallest absolute Gasteiger partial charge is 0.327 e. The van der Waals surface area contributed by atoms with Crippen molar-refractivity contribution in [2.45, 2.75) is 52.5 Å². The van der Waals surface area contributed by atoms with Gasteiger partial charge >= 0.3 is 5.97 Å². The SMILES string of the molecule is CCCCCN(CCC(=O)ONN)C(C)C. The third-order valence-corrected chi connectivity index (χ3v) is 2.56. The molecule has 0 rings (SSSR count). The highest BCUT2D eigenvalue weighted by Crippen LogP contribution is 2.04. The van der Waals surface area contributed by atoms with Gasteiger partial charge in [0.15, 0.2) is 0 Å². The van der Waals surface area contributed by atoms with Gasteiger partial charge in [-0.1, -0.05) is 25.4 Å². The van der Waals surface area contributed by atoms with Crippen molar-refractivity contribution < 1.29 is 9.63 Å². The summed E-state index contributed by atoms with van der Waals surface area (Å²) in [5.74, 6) is 4.57. The van der Waals surface area contributed by atoms with E-state index >= 15 is 0 Å². The van der Waals surface area contributed by atoms with Crippen LogP contribution in [0.25, 0.3) is 0 Å². The monoisotopic (exact) mass is 231 g/mol. The molecule has 0 aromatic heterocycles. The highest BCUT2D eigenvalue weighted by Gasteiger charge is 2.11. The third kappa shape index (κ3) is 7.62. The van der Waals surface area contributed by atoms with Crippen LogP contribution in [-0.2, 0) is 9.63 Å². The predicted octanol–water partition coefficient (Wildman–Crippen LogP) is 1.20. The summed E-state index contributed by atoms with van der Waals surface area (Å²) in [6.07, 6.45) is 4.00. The van der Waals surface area contributed by atoms with E-state index in [1.807, 2.05) is 5.59 Å². The fraction of sp³-hybridized carbons (Fsp3) is 0.909. The topological polar surface area (TPSA) is 67.6 Å². The number of nitrogens with zero attached hydrogens (tertiary/aromatic N) is 1. The number of unbranched alkanes of at least 4 members (excludes halogenated alkanes) is 2. The fourth-order valence-electron chi connectivity index (χ4n) is 1.54. The third-order valence-electron chi connectivity index (χ3n) is 2.56. The number of carbonyl (C=O) groups excluding carboxylic acids is 1. The summed E-state index contributed by atoms with van der Waals surface area (Å²) < 4.78 is 0. The number of rotatable bonds is 9. The van der Waals surface area contributed by atoms with Gasteiger partial charge in [-0.2, -0.15) is 0 Å². The summed E-state index contributed by atoms with van der Waals surface area (Å²) in [5, 5.41) is 0. The Morgan fingerprint density at radius 1 is 1.38 bits per heavy atom. The Labute approximate surface area is 98.2 Å².